The van der Waals surface area contributed by atoms with Crippen LogP contribution in [0, 0.1) is 0 Å². The monoisotopic (exact) mass is 258 g/mol. The van der Waals surface area contributed by atoms with E-state index in [0.29, 0.717) is 6.04 Å². The van der Waals surface area contributed by atoms with E-state index in [1.165, 1.54) is 6.33 Å². The lowest BCUT2D eigenvalue weighted by molar-refractivity contribution is 0.126. The van der Waals surface area contributed by atoms with Crippen molar-refractivity contribution >= 4 is 5.69 Å². The lowest BCUT2D eigenvalue weighted by atomic mass is 9.93. The van der Waals surface area contributed by atoms with E-state index in [0.717, 1.165) is 37.1 Å². The minimum atomic E-state index is -0.104. The van der Waals surface area contributed by atoms with Crippen molar-refractivity contribution in [3.8, 4) is 5.69 Å². The summed E-state index contributed by atoms with van der Waals surface area (Å²) >= 11 is 0. The van der Waals surface area contributed by atoms with Crippen molar-refractivity contribution in [3.63, 3.8) is 0 Å². The fourth-order valence-electron chi connectivity index (χ4n) is 2.51. The van der Waals surface area contributed by atoms with Gasteiger partial charge in [0.25, 0.3) is 0 Å². The molecule has 0 saturated heterocycles. The molecule has 0 unspecified atom stereocenters. The van der Waals surface area contributed by atoms with Gasteiger partial charge in [-0.2, -0.15) is 5.10 Å². The first-order chi connectivity index (χ1) is 9.31. The zero-order valence-electron chi connectivity index (χ0n) is 10.7. The second-order valence-corrected chi connectivity index (χ2v) is 5.04. The molecular formula is C14H18N4O. The SMILES string of the molecule is OC1CCC(Nc2ccc(-n3cncn3)cc2)CC1. The predicted molar refractivity (Wildman–Crippen MR) is 73.2 cm³/mol. The predicted octanol–water partition coefficient (Wildman–Crippen LogP) is 1.98. The Labute approximate surface area is 112 Å². The lowest BCUT2D eigenvalue weighted by Gasteiger charge is -2.27. The quantitative estimate of drug-likeness (QED) is 0.883. The molecule has 1 saturated carbocycles. The summed E-state index contributed by atoms with van der Waals surface area (Å²) in [6.07, 6.45) is 6.97. The molecule has 0 amide bonds. The van der Waals surface area contributed by atoms with E-state index < -0.39 is 0 Å². The molecular weight excluding hydrogens is 240 g/mol. The van der Waals surface area contributed by atoms with Crippen LogP contribution in [0.15, 0.2) is 36.9 Å². The van der Waals surface area contributed by atoms with Gasteiger partial charge < -0.3 is 10.4 Å². The van der Waals surface area contributed by atoms with E-state index in [1.54, 1.807) is 11.0 Å². The van der Waals surface area contributed by atoms with Crippen molar-refractivity contribution in [1.29, 1.82) is 0 Å². The molecule has 5 heteroatoms. The Balaban J connectivity index is 1.63. The molecule has 0 atom stereocenters. The highest BCUT2D eigenvalue weighted by atomic mass is 16.3. The number of benzene rings is 1. The third-order valence-corrected chi connectivity index (χ3v) is 3.62. The van der Waals surface area contributed by atoms with E-state index in [4.69, 9.17) is 0 Å². The lowest BCUT2D eigenvalue weighted by Crippen LogP contribution is -2.28. The molecule has 3 rings (SSSR count). The van der Waals surface area contributed by atoms with Crippen LogP contribution >= 0.6 is 0 Å². The second-order valence-electron chi connectivity index (χ2n) is 5.04. The first kappa shape index (κ1) is 12.2. The third-order valence-electron chi connectivity index (χ3n) is 3.62. The molecule has 19 heavy (non-hydrogen) atoms. The Morgan fingerprint density at radius 3 is 2.47 bits per heavy atom. The molecule has 0 aliphatic heterocycles. The molecule has 100 valence electrons. The highest BCUT2D eigenvalue weighted by Crippen LogP contribution is 2.22. The standard InChI is InChI=1S/C14H18N4O/c19-14-7-3-12(4-8-14)17-11-1-5-13(6-2-11)18-10-15-9-16-18/h1-2,5-6,9-10,12,14,17,19H,3-4,7-8H2. The van der Waals surface area contributed by atoms with Crippen LogP contribution in [0.1, 0.15) is 25.7 Å². The number of aliphatic hydroxyl groups excluding tert-OH is 1. The van der Waals surface area contributed by atoms with E-state index >= 15 is 0 Å². The Bertz CT molecular complexity index is 501. The molecule has 2 N–H and O–H groups in total. The number of anilines is 1. The fraction of sp³-hybridized carbons (Fsp3) is 0.429. The van der Waals surface area contributed by atoms with E-state index in [-0.39, 0.29) is 6.10 Å². The van der Waals surface area contributed by atoms with Crippen LogP contribution in [0.5, 0.6) is 0 Å². The minimum Gasteiger partial charge on any atom is -0.393 e. The van der Waals surface area contributed by atoms with Crippen molar-refractivity contribution in [1.82, 2.24) is 14.8 Å². The largest absolute Gasteiger partial charge is 0.393 e. The zero-order chi connectivity index (χ0) is 13.1. The summed E-state index contributed by atoms with van der Waals surface area (Å²) in [6.45, 7) is 0. The molecule has 1 fully saturated rings. The van der Waals surface area contributed by atoms with E-state index in [1.807, 2.05) is 12.1 Å². The first-order valence-electron chi connectivity index (χ1n) is 6.71. The first-order valence-corrected chi connectivity index (χ1v) is 6.71. The Morgan fingerprint density at radius 2 is 1.84 bits per heavy atom. The third kappa shape index (κ3) is 2.93. The molecule has 1 heterocycles. The number of aromatic nitrogens is 3. The van der Waals surface area contributed by atoms with Gasteiger partial charge in [-0.1, -0.05) is 0 Å². The number of aliphatic hydroxyl groups is 1. The van der Waals surface area contributed by atoms with Crippen LogP contribution in [-0.2, 0) is 0 Å². The number of rotatable bonds is 3. The number of nitrogens with zero attached hydrogens (tertiary/aromatic N) is 3. The highest BCUT2D eigenvalue weighted by molar-refractivity contribution is 5.49. The van der Waals surface area contributed by atoms with Gasteiger partial charge in [0.2, 0.25) is 0 Å². The summed E-state index contributed by atoms with van der Waals surface area (Å²) in [5.41, 5.74) is 2.12. The fourth-order valence-corrected chi connectivity index (χ4v) is 2.51. The van der Waals surface area contributed by atoms with Crippen LogP contribution in [0.4, 0.5) is 5.69 Å². The summed E-state index contributed by atoms with van der Waals surface area (Å²) in [4.78, 5) is 3.93. The molecule has 1 aliphatic rings. The van der Waals surface area contributed by atoms with Crippen molar-refractivity contribution in [3.05, 3.63) is 36.9 Å². The minimum absolute atomic E-state index is 0.104. The highest BCUT2D eigenvalue weighted by Gasteiger charge is 2.18. The smallest absolute Gasteiger partial charge is 0.138 e. The van der Waals surface area contributed by atoms with Gasteiger partial charge in [-0.15, -0.1) is 0 Å². The summed E-state index contributed by atoms with van der Waals surface area (Å²) in [5, 5.41) is 17.1. The average Bonchev–Trinajstić information content (AvgIpc) is 2.96. The topological polar surface area (TPSA) is 63.0 Å². The van der Waals surface area contributed by atoms with Gasteiger partial charge >= 0.3 is 0 Å². The van der Waals surface area contributed by atoms with E-state index in [2.05, 4.69) is 27.5 Å². The average molecular weight is 258 g/mol. The molecule has 1 aromatic carbocycles. The van der Waals surface area contributed by atoms with Crippen molar-refractivity contribution in [2.75, 3.05) is 5.32 Å². The molecule has 5 nitrogen and oxygen atoms in total. The van der Waals surface area contributed by atoms with E-state index in [9.17, 15) is 5.11 Å². The summed E-state index contributed by atoms with van der Waals surface area (Å²) < 4.78 is 1.74. The van der Waals surface area contributed by atoms with Gasteiger partial charge in [-0.25, -0.2) is 9.67 Å². The van der Waals surface area contributed by atoms with Gasteiger partial charge in [-0.05, 0) is 49.9 Å². The number of hydrogen-bond acceptors (Lipinski definition) is 4. The van der Waals surface area contributed by atoms with Crippen LogP contribution in [0.2, 0.25) is 0 Å². The number of nitrogens with one attached hydrogen (secondary N) is 1. The maximum atomic E-state index is 9.49. The molecule has 0 bridgehead atoms. The summed E-state index contributed by atoms with van der Waals surface area (Å²) in [5.74, 6) is 0. The summed E-state index contributed by atoms with van der Waals surface area (Å²) in [6, 6.07) is 8.63. The maximum Gasteiger partial charge on any atom is 0.138 e. The van der Waals surface area contributed by atoms with Crippen molar-refractivity contribution in [2.45, 2.75) is 37.8 Å². The van der Waals surface area contributed by atoms with Gasteiger partial charge in [0.15, 0.2) is 0 Å². The maximum absolute atomic E-state index is 9.49. The van der Waals surface area contributed by atoms with Crippen LogP contribution in [-0.4, -0.2) is 32.0 Å². The second kappa shape index (κ2) is 5.40. The molecule has 0 radical (unpaired) electrons. The molecule has 1 aliphatic carbocycles. The van der Waals surface area contributed by atoms with Crippen molar-refractivity contribution < 1.29 is 5.11 Å². The van der Waals surface area contributed by atoms with Crippen molar-refractivity contribution in [2.24, 2.45) is 0 Å². The van der Waals surface area contributed by atoms with Gasteiger partial charge in [-0.3, -0.25) is 0 Å². The van der Waals surface area contributed by atoms with Gasteiger partial charge in [0, 0.05) is 11.7 Å². The Kier molecular flexibility index (Phi) is 3.46. The molecule has 1 aromatic heterocycles. The summed E-state index contributed by atoms with van der Waals surface area (Å²) in [7, 11) is 0. The van der Waals surface area contributed by atoms with Gasteiger partial charge in [0.05, 0.1) is 11.8 Å². The number of hydrogen-bond donors (Lipinski definition) is 2. The Hall–Kier alpha value is -1.88. The van der Waals surface area contributed by atoms with Gasteiger partial charge in [0.1, 0.15) is 12.7 Å². The van der Waals surface area contributed by atoms with Crippen LogP contribution in [0.25, 0.3) is 5.69 Å². The van der Waals surface area contributed by atoms with Crippen LogP contribution in [0.3, 0.4) is 0 Å². The normalized spacial score (nSPS) is 23.2. The Morgan fingerprint density at radius 1 is 1.11 bits per heavy atom. The molecule has 2 aromatic rings. The zero-order valence-corrected chi connectivity index (χ0v) is 10.7. The molecule has 0 spiro atoms. The van der Waals surface area contributed by atoms with Crippen LogP contribution < -0.4 is 5.32 Å².